The molecule has 1 saturated carbocycles. The van der Waals surface area contributed by atoms with Gasteiger partial charge >= 0.3 is 6.03 Å². The molecular formula is C18H34N2O3. The quantitative estimate of drug-likeness (QED) is 0.756. The van der Waals surface area contributed by atoms with Crippen LogP contribution in [0.25, 0.3) is 0 Å². The molecule has 5 nitrogen and oxygen atoms in total. The summed E-state index contributed by atoms with van der Waals surface area (Å²) >= 11 is 0. The summed E-state index contributed by atoms with van der Waals surface area (Å²) in [6, 6.07) is 0.0661. The van der Waals surface area contributed by atoms with Crippen LogP contribution in [0.1, 0.15) is 58.3 Å². The fourth-order valence-electron chi connectivity index (χ4n) is 4.14. The Balaban J connectivity index is 1.80. The molecule has 0 aromatic carbocycles. The summed E-state index contributed by atoms with van der Waals surface area (Å²) in [7, 11) is 1.75. The van der Waals surface area contributed by atoms with Crippen LogP contribution in [0.5, 0.6) is 0 Å². The monoisotopic (exact) mass is 326 g/mol. The third-order valence-electron chi connectivity index (χ3n) is 6.31. The number of methoxy groups -OCH3 is 1. The summed E-state index contributed by atoms with van der Waals surface area (Å²) in [5, 5.41) is 12.8. The summed E-state index contributed by atoms with van der Waals surface area (Å²) in [5.74, 6) is 0. The fraction of sp³-hybridized carbons (Fsp3) is 0.944. The van der Waals surface area contributed by atoms with Gasteiger partial charge in [0.15, 0.2) is 0 Å². The molecule has 0 spiro atoms. The first kappa shape index (κ1) is 18.5. The average Bonchev–Trinajstić information content (AvgIpc) is 3.07. The van der Waals surface area contributed by atoms with Crippen LogP contribution in [0.3, 0.4) is 0 Å². The van der Waals surface area contributed by atoms with Crippen molar-refractivity contribution in [3.05, 3.63) is 0 Å². The minimum absolute atomic E-state index is 0.0297. The maximum Gasteiger partial charge on any atom is 0.317 e. The Morgan fingerprint density at radius 1 is 1.17 bits per heavy atom. The lowest BCUT2D eigenvalue weighted by Gasteiger charge is -2.40. The van der Waals surface area contributed by atoms with Gasteiger partial charge in [-0.1, -0.05) is 19.8 Å². The molecule has 2 fully saturated rings. The van der Waals surface area contributed by atoms with E-state index < -0.39 is 0 Å². The molecule has 0 aromatic rings. The maximum absolute atomic E-state index is 12.5. The highest BCUT2D eigenvalue weighted by molar-refractivity contribution is 5.74. The first-order chi connectivity index (χ1) is 11.1. The maximum atomic E-state index is 12.5. The Labute approximate surface area is 140 Å². The van der Waals surface area contributed by atoms with Crippen molar-refractivity contribution in [3.8, 4) is 0 Å². The third-order valence-corrected chi connectivity index (χ3v) is 6.31. The molecule has 5 heteroatoms. The van der Waals surface area contributed by atoms with E-state index >= 15 is 0 Å². The lowest BCUT2D eigenvalue weighted by atomic mass is 9.77. The second-order valence-corrected chi connectivity index (χ2v) is 7.61. The van der Waals surface area contributed by atoms with E-state index in [1.807, 2.05) is 4.90 Å². The molecular weight excluding hydrogens is 292 g/mol. The van der Waals surface area contributed by atoms with Crippen LogP contribution in [0.15, 0.2) is 0 Å². The summed E-state index contributed by atoms with van der Waals surface area (Å²) < 4.78 is 5.25. The molecule has 0 bridgehead atoms. The van der Waals surface area contributed by atoms with Crippen molar-refractivity contribution >= 4 is 6.03 Å². The molecule has 2 N–H and O–H groups in total. The molecule has 0 radical (unpaired) electrons. The highest BCUT2D eigenvalue weighted by Crippen LogP contribution is 2.40. The van der Waals surface area contributed by atoms with Crippen LogP contribution in [-0.2, 0) is 4.74 Å². The highest BCUT2D eigenvalue weighted by atomic mass is 16.5. The minimum atomic E-state index is 0.0297. The summed E-state index contributed by atoms with van der Waals surface area (Å²) in [6.07, 6.45) is 8.74. The van der Waals surface area contributed by atoms with Crippen molar-refractivity contribution in [1.82, 2.24) is 10.2 Å². The van der Waals surface area contributed by atoms with E-state index in [0.717, 1.165) is 51.9 Å². The van der Waals surface area contributed by atoms with E-state index in [0.29, 0.717) is 0 Å². The van der Waals surface area contributed by atoms with Crippen LogP contribution >= 0.6 is 0 Å². The molecule has 1 saturated heterocycles. The summed E-state index contributed by atoms with van der Waals surface area (Å²) in [4.78, 5) is 14.4. The number of aliphatic hydroxyl groups excluding tert-OH is 1. The van der Waals surface area contributed by atoms with Crippen molar-refractivity contribution in [2.24, 2.45) is 10.8 Å². The van der Waals surface area contributed by atoms with Crippen molar-refractivity contribution < 1.29 is 14.6 Å². The van der Waals surface area contributed by atoms with E-state index in [9.17, 15) is 9.90 Å². The Bertz CT molecular complexity index is 366. The zero-order valence-corrected chi connectivity index (χ0v) is 14.9. The van der Waals surface area contributed by atoms with Crippen molar-refractivity contribution in [2.75, 3.05) is 40.0 Å². The van der Waals surface area contributed by atoms with Crippen LogP contribution < -0.4 is 5.32 Å². The van der Waals surface area contributed by atoms with Gasteiger partial charge in [0.05, 0.1) is 0 Å². The van der Waals surface area contributed by atoms with E-state index in [2.05, 4.69) is 12.2 Å². The number of hydrogen-bond donors (Lipinski definition) is 2. The topological polar surface area (TPSA) is 61.8 Å². The number of piperidine rings is 1. The first-order valence-electron chi connectivity index (χ1n) is 9.21. The van der Waals surface area contributed by atoms with Crippen LogP contribution in [-0.4, -0.2) is 56.0 Å². The minimum Gasteiger partial charge on any atom is -0.396 e. The number of aliphatic hydroxyl groups is 1. The van der Waals surface area contributed by atoms with Gasteiger partial charge in [0.25, 0.3) is 0 Å². The molecule has 2 amide bonds. The molecule has 0 aromatic heterocycles. The van der Waals surface area contributed by atoms with Crippen LogP contribution in [0.2, 0.25) is 0 Å². The summed E-state index contributed by atoms with van der Waals surface area (Å²) in [6.45, 7) is 5.42. The molecule has 134 valence electrons. The number of amides is 2. The Morgan fingerprint density at radius 2 is 1.83 bits per heavy atom. The number of carbonyl (C=O) groups excluding carboxylic acids is 1. The highest BCUT2D eigenvalue weighted by Gasteiger charge is 2.36. The molecule has 2 aliphatic rings. The zero-order valence-electron chi connectivity index (χ0n) is 14.9. The van der Waals surface area contributed by atoms with Gasteiger partial charge in [0, 0.05) is 40.0 Å². The number of rotatable bonds is 7. The van der Waals surface area contributed by atoms with E-state index in [-0.39, 0.29) is 23.5 Å². The van der Waals surface area contributed by atoms with E-state index in [1.54, 1.807) is 7.11 Å². The standard InChI is InChI=1S/C18H34N2O3/c1-3-17(15-21)8-11-20(12-9-17)16(22)19-14-18(10-13-23-2)6-4-5-7-18/h21H,3-15H2,1-2H3,(H,19,22). The average molecular weight is 326 g/mol. The normalized spacial score (nSPS) is 23.0. The first-order valence-corrected chi connectivity index (χ1v) is 9.21. The van der Waals surface area contributed by atoms with Crippen molar-refractivity contribution in [3.63, 3.8) is 0 Å². The van der Waals surface area contributed by atoms with Gasteiger partial charge in [-0.15, -0.1) is 0 Å². The molecule has 1 heterocycles. The van der Waals surface area contributed by atoms with Gasteiger partial charge < -0.3 is 20.1 Å². The molecule has 1 aliphatic heterocycles. The van der Waals surface area contributed by atoms with Gasteiger partial charge in [0.2, 0.25) is 0 Å². The lowest BCUT2D eigenvalue weighted by molar-refractivity contribution is 0.0510. The molecule has 2 rings (SSSR count). The Kier molecular flexibility index (Phi) is 6.72. The number of ether oxygens (including phenoxy) is 1. The van der Waals surface area contributed by atoms with Gasteiger partial charge in [-0.05, 0) is 49.4 Å². The smallest absolute Gasteiger partial charge is 0.317 e. The van der Waals surface area contributed by atoms with Gasteiger partial charge in [0.1, 0.15) is 0 Å². The SMILES string of the molecule is CCC1(CO)CCN(C(=O)NCC2(CCOC)CCCC2)CC1. The van der Waals surface area contributed by atoms with E-state index in [1.165, 1.54) is 25.7 Å². The Hall–Kier alpha value is -0.810. The second kappa shape index (κ2) is 8.34. The Morgan fingerprint density at radius 3 is 2.35 bits per heavy atom. The zero-order chi connectivity index (χ0) is 16.8. The largest absolute Gasteiger partial charge is 0.396 e. The molecule has 0 unspecified atom stereocenters. The number of nitrogens with zero attached hydrogens (tertiary/aromatic N) is 1. The van der Waals surface area contributed by atoms with Gasteiger partial charge in [-0.3, -0.25) is 0 Å². The number of urea groups is 1. The fourth-order valence-corrected chi connectivity index (χ4v) is 4.14. The third kappa shape index (κ3) is 4.60. The summed E-state index contributed by atoms with van der Waals surface area (Å²) in [5.41, 5.74) is 0.266. The number of nitrogens with one attached hydrogen (secondary N) is 1. The second-order valence-electron chi connectivity index (χ2n) is 7.61. The number of likely N-dealkylation sites (tertiary alicyclic amines) is 1. The number of carbonyl (C=O) groups is 1. The van der Waals surface area contributed by atoms with Crippen molar-refractivity contribution in [2.45, 2.75) is 58.3 Å². The van der Waals surface area contributed by atoms with Gasteiger partial charge in [-0.25, -0.2) is 4.79 Å². The molecule has 23 heavy (non-hydrogen) atoms. The number of hydrogen-bond acceptors (Lipinski definition) is 3. The van der Waals surface area contributed by atoms with E-state index in [4.69, 9.17) is 4.74 Å². The molecule has 1 aliphatic carbocycles. The predicted octanol–water partition coefficient (Wildman–Crippen LogP) is 2.78. The van der Waals surface area contributed by atoms with Gasteiger partial charge in [-0.2, -0.15) is 0 Å². The van der Waals surface area contributed by atoms with Crippen LogP contribution in [0, 0.1) is 10.8 Å². The van der Waals surface area contributed by atoms with Crippen LogP contribution in [0.4, 0.5) is 4.79 Å². The predicted molar refractivity (Wildman–Crippen MR) is 91.4 cm³/mol. The van der Waals surface area contributed by atoms with Crippen molar-refractivity contribution in [1.29, 1.82) is 0 Å². The lowest BCUT2D eigenvalue weighted by Crippen LogP contribution is -2.50. The molecule has 0 atom stereocenters.